The highest BCUT2D eigenvalue weighted by Crippen LogP contribution is 2.22. The molecule has 1 aromatic carbocycles. The molecule has 22 heavy (non-hydrogen) atoms. The van der Waals surface area contributed by atoms with E-state index in [9.17, 15) is 14.0 Å². The van der Waals surface area contributed by atoms with E-state index in [1.165, 1.54) is 40.4 Å². The van der Waals surface area contributed by atoms with Gasteiger partial charge in [0.05, 0.1) is 0 Å². The summed E-state index contributed by atoms with van der Waals surface area (Å²) >= 11 is 0. The maximum Gasteiger partial charge on any atom is 0.332 e. The van der Waals surface area contributed by atoms with Crippen molar-refractivity contribution in [3.63, 3.8) is 0 Å². The summed E-state index contributed by atoms with van der Waals surface area (Å²) in [7, 11) is 4.57. The molecule has 0 aliphatic carbocycles. The molecule has 0 N–H and O–H groups in total. The van der Waals surface area contributed by atoms with E-state index in [1.807, 2.05) is 0 Å². The highest BCUT2D eigenvalue weighted by Gasteiger charge is 2.18. The van der Waals surface area contributed by atoms with E-state index in [2.05, 4.69) is 4.98 Å². The second-order valence-corrected chi connectivity index (χ2v) is 4.89. The van der Waals surface area contributed by atoms with Gasteiger partial charge in [0.2, 0.25) is 0 Å². The van der Waals surface area contributed by atoms with Crippen molar-refractivity contribution in [3.05, 3.63) is 50.9 Å². The van der Waals surface area contributed by atoms with E-state index in [4.69, 9.17) is 4.74 Å². The lowest BCUT2D eigenvalue weighted by Crippen LogP contribution is -2.37. The molecule has 0 saturated carbocycles. The number of rotatable bonds is 2. The lowest BCUT2D eigenvalue weighted by Gasteiger charge is -2.06. The zero-order chi connectivity index (χ0) is 16.0. The Hall–Kier alpha value is -2.90. The van der Waals surface area contributed by atoms with E-state index in [1.54, 1.807) is 14.1 Å². The number of aromatic nitrogens is 4. The first-order valence-electron chi connectivity index (χ1n) is 6.46. The molecule has 3 rings (SSSR count). The van der Waals surface area contributed by atoms with Crippen LogP contribution in [0.15, 0.2) is 33.9 Å². The first kappa shape index (κ1) is 14.1. The van der Waals surface area contributed by atoms with E-state index in [0.29, 0.717) is 11.4 Å². The van der Waals surface area contributed by atoms with Gasteiger partial charge in [-0.25, -0.2) is 9.18 Å². The number of nitrogens with zero attached hydrogens (tertiary/aromatic N) is 4. The fourth-order valence-corrected chi connectivity index (χ4v) is 2.26. The summed E-state index contributed by atoms with van der Waals surface area (Å²) < 4.78 is 22.3. The normalized spacial score (nSPS) is 11.1. The summed E-state index contributed by atoms with van der Waals surface area (Å²) in [5, 5.41) is 0. The summed E-state index contributed by atoms with van der Waals surface area (Å²) in [6.45, 7) is 0. The molecule has 0 saturated heterocycles. The maximum absolute atomic E-state index is 12.9. The van der Waals surface area contributed by atoms with Crippen LogP contribution in [0.3, 0.4) is 0 Å². The summed E-state index contributed by atoms with van der Waals surface area (Å²) in [6, 6.07) is 5.55. The monoisotopic (exact) mass is 304 g/mol. The molecule has 0 radical (unpaired) electrons. The van der Waals surface area contributed by atoms with Gasteiger partial charge >= 0.3 is 11.7 Å². The molecule has 0 bridgehead atoms. The van der Waals surface area contributed by atoms with Crippen molar-refractivity contribution in [2.75, 3.05) is 0 Å². The lowest BCUT2D eigenvalue weighted by atomic mass is 10.3. The Morgan fingerprint density at radius 3 is 2.27 bits per heavy atom. The molecular formula is C14H13FN4O3. The van der Waals surface area contributed by atoms with Crippen LogP contribution in [0.2, 0.25) is 0 Å². The standard InChI is InChI=1S/C14H13FN4O3/c1-17-11-10(12(20)19(3)14(21)18(11)2)16-13(17)22-9-6-4-8(15)5-7-9/h4-7H,1-3H3. The number of halogens is 1. The number of hydrogen-bond donors (Lipinski definition) is 0. The molecule has 0 unspecified atom stereocenters. The Kier molecular flexibility index (Phi) is 3.09. The Balaban J connectivity index is 2.20. The van der Waals surface area contributed by atoms with Crippen LogP contribution in [0.4, 0.5) is 4.39 Å². The van der Waals surface area contributed by atoms with Crippen molar-refractivity contribution in [1.29, 1.82) is 0 Å². The third kappa shape index (κ3) is 2.00. The van der Waals surface area contributed by atoms with Gasteiger partial charge in [-0.2, -0.15) is 4.98 Å². The summed E-state index contributed by atoms with van der Waals surface area (Å²) in [5.74, 6) is -0.00440. The smallest absolute Gasteiger partial charge is 0.332 e. The van der Waals surface area contributed by atoms with Gasteiger partial charge in [-0.15, -0.1) is 0 Å². The van der Waals surface area contributed by atoms with Crippen LogP contribution < -0.4 is 16.0 Å². The molecule has 0 atom stereocenters. The van der Waals surface area contributed by atoms with Crippen LogP contribution in [0.5, 0.6) is 11.8 Å². The van der Waals surface area contributed by atoms with E-state index in [0.717, 1.165) is 4.57 Å². The average Bonchev–Trinajstić information content (AvgIpc) is 2.82. The second kappa shape index (κ2) is 4.83. The number of benzene rings is 1. The van der Waals surface area contributed by atoms with E-state index in [-0.39, 0.29) is 17.3 Å². The molecule has 8 heteroatoms. The van der Waals surface area contributed by atoms with E-state index < -0.39 is 11.2 Å². The van der Waals surface area contributed by atoms with Gasteiger partial charge in [-0.1, -0.05) is 0 Å². The predicted octanol–water partition coefficient (Wildman–Crippen LogP) is 0.902. The number of fused-ring (bicyclic) bond motifs is 1. The molecule has 0 aliphatic rings. The van der Waals surface area contributed by atoms with Crippen molar-refractivity contribution < 1.29 is 9.13 Å². The highest BCUT2D eigenvalue weighted by molar-refractivity contribution is 5.71. The third-order valence-corrected chi connectivity index (χ3v) is 3.45. The van der Waals surface area contributed by atoms with Crippen LogP contribution in [0, 0.1) is 5.82 Å². The number of ether oxygens (including phenoxy) is 1. The van der Waals surface area contributed by atoms with Gasteiger partial charge in [-0.3, -0.25) is 18.5 Å². The number of hydrogen-bond acceptors (Lipinski definition) is 4. The van der Waals surface area contributed by atoms with Crippen molar-refractivity contribution in [1.82, 2.24) is 18.7 Å². The molecule has 2 aromatic heterocycles. The highest BCUT2D eigenvalue weighted by atomic mass is 19.1. The lowest BCUT2D eigenvalue weighted by molar-refractivity contribution is 0.425. The average molecular weight is 304 g/mol. The van der Waals surface area contributed by atoms with E-state index >= 15 is 0 Å². The minimum absolute atomic E-state index is 0.129. The predicted molar refractivity (Wildman–Crippen MR) is 77.7 cm³/mol. The van der Waals surface area contributed by atoms with Gasteiger partial charge in [0.15, 0.2) is 11.2 Å². The Morgan fingerprint density at radius 1 is 1.00 bits per heavy atom. The van der Waals surface area contributed by atoms with Crippen molar-refractivity contribution in [2.24, 2.45) is 21.1 Å². The van der Waals surface area contributed by atoms with Gasteiger partial charge in [-0.05, 0) is 24.3 Å². The molecule has 7 nitrogen and oxygen atoms in total. The first-order valence-corrected chi connectivity index (χ1v) is 6.46. The molecule has 0 fully saturated rings. The van der Waals surface area contributed by atoms with Crippen LogP contribution in [0.1, 0.15) is 0 Å². The minimum Gasteiger partial charge on any atom is -0.425 e. The van der Waals surface area contributed by atoms with Gasteiger partial charge in [0.1, 0.15) is 11.6 Å². The van der Waals surface area contributed by atoms with Gasteiger partial charge < -0.3 is 4.74 Å². The number of aryl methyl sites for hydroxylation is 2. The Morgan fingerprint density at radius 2 is 1.64 bits per heavy atom. The molecule has 0 amide bonds. The molecule has 3 aromatic rings. The first-order chi connectivity index (χ1) is 10.4. The largest absolute Gasteiger partial charge is 0.425 e. The minimum atomic E-state index is -0.498. The third-order valence-electron chi connectivity index (χ3n) is 3.45. The molecule has 0 spiro atoms. The quantitative estimate of drug-likeness (QED) is 0.705. The van der Waals surface area contributed by atoms with Crippen LogP contribution >= 0.6 is 0 Å². The van der Waals surface area contributed by atoms with Gasteiger partial charge in [0, 0.05) is 21.1 Å². The molecule has 0 aliphatic heterocycles. The van der Waals surface area contributed by atoms with Crippen LogP contribution in [-0.2, 0) is 21.1 Å². The van der Waals surface area contributed by atoms with Crippen molar-refractivity contribution >= 4 is 11.2 Å². The zero-order valence-electron chi connectivity index (χ0n) is 12.2. The molecular weight excluding hydrogens is 291 g/mol. The van der Waals surface area contributed by atoms with Crippen LogP contribution in [-0.4, -0.2) is 18.7 Å². The topological polar surface area (TPSA) is 71.1 Å². The van der Waals surface area contributed by atoms with Crippen molar-refractivity contribution in [3.8, 4) is 11.8 Å². The Bertz CT molecular complexity index is 982. The maximum atomic E-state index is 12.9. The molecule has 114 valence electrons. The summed E-state index contributed by atoms with van der Waals surface area (Å²) in [5.41, 5.74) is -0.467. The zero-order valence-corrected chi connectivity index (χ0v) is 12.2. The SMILES string of the molecule is Cn1c(=O)c2nc(Oc3ccc(F)cc3)n(C)c2n(C)c1=O. The molecule has 2 heterocycles. The Labute approximate surface area is 123 Å². The van der Waals surface area contributed by atoms with Gasteiger partial charge in [0.25, 0.3) is 5.56 Å². The second-order valence-electron chi connectivity index (χ2n) is 4.89. The fraction of sp³-hybridized carbons (Fsp3) is 0.214. The fourth-order valence-electron chi connectivity index (χ4n) is 2.26. The number of imidazole rings is 1. The van der Waals surface area contributed by atoms with Crippen molar-refractivity contribution in [2.45, 2.75) is 0 Å². The summed E-state index contributed by atoms with van der Waals surface area (Å²) in [4.78, 5) is 28.2. The summed E-state index contributed by atoms with van der Waals surface area (Å²) in [6.07, 6.45) is 0. The van der Waals surface area contributed by atoms with Crippen LogP contribution in [0.25, 0.3) is 11.2 Å².